The summed E-state index contributed by atoms with van der Waals surface area (Å²) in [6.07, 6.45) is 11.1. The van der Waals surface area contributed by atoms with E-state index in [2.05, 4.69) is 32.6 Å². The second-order valence-corrected chi connectivity index (χ2v) is 11.4. The number of aliphatic hydroxyl groups excluding tert-OH is 3. The van der Waals surface area contributed by atoms with Gasteiger partial charge in [0.05, 0.1) is 23.9 Å². The zero-order valence-electron chi connectivity index (χ0n) is 20.0. The van der Waals surface area contributed by atoms with Crippen LogP contribution >= 0.6 is 0 Å². The summed E-state index contributed by atoms with van der Waals surface area (Å²) >= 11 is 0. The number of hydrogen-bond acceptors (Lipinski definition) is 4. The van der Waals surface area contributed by atoms with Crippen LogP contribution in [0.5, 0.6) is 0 Å². The fourth-order valence-corrected chi connectivity index (χ4v) is 6.65. The molecule has 31 heavy (non-hydrogen) atoms. The van der Waals surface area contributed by atoms with Crippen LogP contribution in [0.1, 0.15) is 85.5 Å². The minimum Gasteiger partial charge on any atom is -0.393 e. The molecule has 0 amide bonds. The molecule has 0 bridgehead atoms. The SMILES string of the molecule is C=C1/C(=C\C=C2/CCC[C@]3(C)[C@@H]([C@H](C)CC[C@@H](O)C(C)(C)O)CC[C@@H]23)C[C@@H](O)CC1O. The third-order valence-corrected chi connectivity index (χ3v) is 8.70. The molecule has 1 unspecified atom stereocenters. The van der Waals surface area contributed by atoms with Crippen molar-refractivity contribution in [3.05, 3.63) is 35.5 Å². The van der Waals surface area contributed by atoms with Crippen molar-refractivity contribution in [1.82, 2.24) is 0 Å². The summed E-state index contributed by atoms with van der Waals surface area (Å²) in [7, 11) is 0. The van der Waals surface area contributed by atoms with Gasteiger partial charge in [-0.25, -0.2) is 0 Å². The molecule has 3 aliphatic carbocycles. The minimum atomic E-state index is -1.04. The van der Waals surface area contributed by atoms with Crippen molar-refractivity contribution < 1.29 is 20.4 Å². The predicted molar refractivity (Wildman–Crippen MR) is 125 cm³/mol. The van der Waals surface area contributed by atoms with E-state index in [0.29, 0.717) is 37.0 Å². The topological polar surface area (TPSA) is 80.9 Å². The Morgan fingerprint density at radius 3 is 2.58 bits per heavy atom. The van der Waals surface area contributed by atoms with Gasteiger partial charge in [-0.2, -0.15) is 0 Å². The number of rotatable bonds is 6. The lowest BCUT2D eigenvalue weighted by Crippen LogP contribution is -2.38. The van der Waals surface area contributed by atoms with Gasteiger partial charge in [0.25, 0.3) is 0 Å². The molecule has 0 aromatic carbocycles. The van der Waals surface area contributed by atoms with Crippen molar-refractivity contribution >= 4 is 0 Å². The molecule has 0 aromatic heterocycles. The average molecular weight is 433 g/mol. The quantitative estimate of drug-likeness (QED) is 0.491. The van der Waals surface area contributed by atoms with Gasteiger partial charge >= 0.3 is 0 Å². The van der Waals surface area contributed by atoms with Crippen molar-refractivity contribution in [1.29, 1.82) is 0 Å². The van der Waals surface area contributed by atoms with Gasteiger partial charge in [0, 0.05) is 6.42 Å². The fraction of sp³-hybridized carbons (Fsp3) is 0.778. The van der Waals surface area contributed by atoms with E-state index >= 15 is 0 Å². The average Bonchev–Trinajstić information content (AvgIpc) is 3.04. The van der Waals surface area contributed by atoms with Gasteiger partial charge in [-0.1, -0.05) is 38.2 Å². The molecule has 3 aliphatic rings. The molecule has 0 spiro atoms. The van der Waals surface area contributed by atoms with Gasteiger partial charge in [-0.3, -0.25) is 0 Å². The fourth-order valence-electron chi connectivity index (χ4n) is 6.65. The lowest BCUT2D eigenvalue weighted by molar-refractivity contribution is -0.0554. The van der Waals surface area contributed by atoms with E-state index in [-0.39, 0.29) is 5.41 Å². The largest absolute Gasteiger partial charge is 0.393 e. The molecule has 0 radical (unpaired) electrons. The van der Waals surface area contributed by atoms with Crippen LogP contribution in [0.3, 0.4) is 0 Å². The van der Waals surface area contributed by atoms with Gasteiger partial charge in [0.1, 0.15) is 0 Å². The second kappa shape index (κ2) is 9.51. The third kappa shape index (κ3) is 5.35. The van der Waals surface area contributed by atoms with E-state index in [1.165, 1.54) is 31.3 Å². The summed E-state index contributed by atoms with van der Waals surface area (Å²) in [6.45, 7) is 12.2. The first-order valence-electron chi connectivity index (χ1n) is 12.3. The highest BCUT2D eigenvalue weighted by molar-refractivity contribution is 5.38. The van der Waals surface area contributed by atoms with Gasteiger partial charge in [0.2, 0.25) is 0 Å². The molecule has 176 valence electrons. The van der Waals surface area contributed by atoms with Crippen molar-refractivity contribution in [3.63, 3.8) is 0 Å². The number of hydrogen-bond donors (Lipinski definition) is 4. The summed E-state index contributed by atoms with van der Waals surface area (Å²) in [4.78, 5) is 0. The maximum Gasteiger partial charge on any atom is 0.0849 e. The molecule has 3 fully saturated rings. The summed E-state index contributed by atoms with van der Waals surface area (Å²) in [5.74, 6) is 1.74. The summed E-state index contributed by atoms with van der Waals surface area (Å²) in [6, 6.07) is 0. The van der Waals surface area contributed by atoms with Crippen molar-refractivity contribution in [2.24, 2.45) is 23.2 Å². The summed E-state index contributed by atoms with van der Waals surface area (Å²) < 4.78 is 0. The van der Waals surface area contributed by atoms with Gasteiger partial charge in [0.15, 0.2) is 0 Å². The summed E-state index contributed by atoms with van der Waals surface area (Å²) in [5, 5.41) is 40.5. The van der Waals surface area contributed by atoms with E-state index in [1.54, 1.807) is 13.8 Å². The molecule has 0 aliphatic heterocycles. The van der Waals surface area contributed by atoms with Gasteiger partial charge in [-0.05, 0) is 99.5 Å². The van der Waals surface area contributed by atoms with Gasteiger partial charge in [-0.15, -0.1) is 0 Å². The van der Waals surface area contributed by atoms with Crippen molar-refractivity contribution in [2.75, 3.05) is 0 Å². The lowest BCUT2D eigenvalue weighted by atomic mass is 9.60. The van der Waals surface area contributed by atoms with Gasteiger partial charge < -0.3 is 20.4 Å². The Balaban J connectivity index is 1.71. The van der Waals surface area contributed by atoms with Crippen LogP contribution in [-0.2, 0) is 0 Å². The first-order valence-corrected chi connectivity index (χ1v) is 12.3. The van der Waals surface area contributed by atoms with Crippen molar-refractivity contribution in [3.8, 4) is 0 Å². The standard InChI is InChI=1S/C27H44O4/c1-17(8-13-25(30)26(3,4)31)22-11-12-23-19(7-6-14-27(22,23)5)9-10-20-15-21(28)16-24(29)18(20)2/h9-10,17,21-25,28-31H,2,6-8,11-16H2,1,3-5H3/b19-9+,20-10-/t17-,21-,22-,23+,24?,25-,27-/m1/s1. The smallest absolute Gasteiger partial charge is 0.0849 e. The van der Waals surface area contributed by atoms with Crippen LogP contribution in [0.15, 0.2) is 35.5 Å². The van der Waals surface area contributed by atoms with E-state index < -0.39 is 23.9 Å². The van der Waals surface area contributed by atoms with Crippen LogP contribution in [0.4, 0.5) is 0 Å². The van der Waals surface area contributed by atoms with Crippen LogP contribution < -0.4 is 0 Å². The number of allylic oxidation sites excluding steroid dienone is 3. The zero-order chi connectivity index (χ0) is 23.0. The molecular formula is C27H44O4. The number of aliphatic hydroxyl groups is 4. The first-order chi connectivity index (χ1) is 14.4. The zero-order valence-corrected chi connectivity index (χ0v) is 20.0. The highest BCUT2D eigenvalue weighted by Gasteiger charge is 2.50. The third-order valence-electron chi connectivity index (χ3n) is 8.70. The highest BCUT2D eigenvalue weighted by atomic mass is 16.3. The monoisotopic (exact) mass is 432 g/mol. The Morgan fingerprint density at radius 2 is 1.90 bits per heavy atom. The highest BCUT2D eigenvalue weighted by Crippen LogP contribution is 2.60. The normalized spacial score (nSPS) is 39.0. The van der Waals surface area contributed by atoms with E-state index in [4.69, 9.17) is 0 Å². The molecular weight excluding hydrogens is 388 g/mol. The molecule has 7 atom stereocenters. The second-order valence-electron chi connectivity index (χ2n) is 11.4. The Hall–Kier alpha value is -0.940. The Kier molecular flexibility index (Phi) is 7.57. The molecule has 4 nitrogen and oxygen atoms in total. The Labute approximate surface area is 188 Å². The molecule has 0 aromatic rings. The summed E-state index contributed by atoms with van der Waals surface area (Å²) in [5.41, 5.74) is 2.48. The lowest BCUT2D eigenvalue weighted by Gasteiger charge is -2.44. The number of fused-ring (bicyclic) bond motifs is 1. The van der Waals surface area contributed by atoms with Crippen molar-refractivity contribution in [2.45, 2.75) is 109 Å². The predicted octanol–water partition coefficient (Wildman–Crippen LogP) is 4.68. The van der Waals surface area contributed by atoms with Crippen LogP contribution in [0.2, 0.25) is 0 Å². The van der Waals surface area contributed by atoms with E-state index in [9.17, 15) is 20.4 Å². The van der Waals surface area contributed by atoms with E-state index in [1.807, 2.05) is 0 Å². The molecule has 0 heterocycles. The molecule has 3 rings (SSSR count). The Morgan fingerprint density at radius 1 is 1.19 bits per heavy atom. The van der Waals surface area contributed by atoms with Crippen LogP contribution in [0, 0.1) is 23.2 Å². The van der Waals surface area contributed by atoms with Crippen LogP contribution in [0.25, 0.3) is 0 Å². The van der Waals surface area contributed by atoms with E-state index in [0.717, 1.165) is 24.0 Å². The Bertz CT molecular complexity index is 715. The minimum absolute atomic E-state index is 0.282. The maximum absolute atomic E-state index is 10.3. The van der Waals surface area contributed by atoms with Crippen LogP contribution in [-0.4, -0.2) is 44.3 Å². The molecule has 3 saturated carbocycles. The molecule has 4 heteroatoms. The molecule has 0 saturated heterocycles. The first kappa shape index (κ1) is 24.7. The molecule has 4 N–H and O–H groups in total. The maximum atomic E-state index is 10.3.